The Hall–Kier alpha value is -3.54. The molecule has 0 aliphatic carbocycles. The second-order valence-electron chi connectivity index (χ2n) is 7.65. The highest BCUT2D eigenvalue weighted by Gasteiger charge is 2.49. The minimum Gasteiger partial charge on any atom is -0.492 e. The zero-order valence-corrected chi connectivity index (χ0v) is 18.3. The van der Waals surface area contributed by atoms with Crippen molar-refractivity contribution < 1.29 is 40.4 Å². The maximum atomic E-state index is 12.9. The number of nitrogens with zero attached hydrogens (tertiary/aromatic N) is 5. The smallest absolute Gasteiger partial charge is 0.492 e. The third kappa shape index (κ3) is 4.20. The van der Waals surface area contributed by atoms with Gasteiger partial charge in [0.25, 0.3) is 0 Å². The molecule has 2 aromatic rings. The second-order valence-corrected chi connectivity index (χ2v) is 9.18. The summed E-state index contributed by atoms with van der Waals surface area (Å²) >= 11 is 0. The van der Waals surface area contributed by atoms with E-state index in [9.17, 15) is 31.5 Å². The third-order valence-corrected chi connectivity index (χ3v) is 6.54. The predicted molar refractivity (Wildman–Crippen MR) is 110 cm³/mol. The van der Waals surface area contributed by atoms with Crippen LogP contribution in [0.3, 0.4) is 0 Å². The van der Waals surface area contributed by atoms with Gasteiger partial charge in [-0.15, -0.1) is 0 Å². The number of carboxylic acid groups (broad SMARTS) is 1. The predicted octanol–water partition coefficient (Wildman–Crippen LogP) is 2.27. The summed E-state index contributed by atoms with van der Waals surface area (Å²) in [5.41, 5.74) is -5.38. The molecule has 182 valence electrons. The number of piperazine rings is 1. The largest absolute Gasteiger partial charge is 0.534 e. The lowest BCUT2D eigenvalue weighted by atomic mass is 10.0. The van der Waals surface area contributed by atoms with Crippen LogP contribution in [0.2, 0.25) is 0 Å². The molecule has 1 atom stereocenters. The Kier molecular flexibility index (Phi) is 6.02. The van der Waals surface area contributed by atoms with Crippen LogP contribution in [0.4, 0.5) is 23.8 Å². The monoisotopic (exact) mass is 501 g/mol. The van der Waals surface area contributed by atoms with E-state index in [1.807, 2.05) is 6.07 Å². The molecule has 0 saturated carbocycles. The van der Waals surface area contributed by atoms with Crippen LogP contribution in [0, 0.1) is 11.3 Å². The first-order chi connectivity index (χ1) is 16.0. The summed E-state index contributed by atoms with van der Waals surface area (Å²) in [6.45, 7) is 0.703. The number of hydrogen-bond acceptors (Lipinski definition) is 9. The summed E-state index contributed by atoms with van der Waals surface area (Å²) in [7, 11) is -5.91. The average Bonchev–Trinajstić information content (AvgIpc) is 2.78. The first-order valence-corrected chi connectivity index (χ1v) is 11.5. The van der Waals surface area contributed by atoms with E-state index in [0.29, 0.717) is 17.6 Å². The highest BCUT2D eigenvalue weighted by atomic mass is 32.2. The van der Waals surface area contributed by atoms with E-state index in [1.165, 1.54) is 4.90 Å². The topological polar surface area (TPSA) is 146 Å². The number of aromatic nitrogens is 2. The van der Waals surface area contributed by atoms with Gasteiger partial charge in [0.1, 0.15) is 17.9 Å². The second kappa shape index (κ2) is 8.67. The van der Waals surface area contributed by atoms with E-state index in [-0.39, 0.29) is 55.9 Å². The Bertz CT molecular complexity index is 1280. The fraction of sp³-hybridized carbons (Fsp3) is 0.474. The molecule has 1 aromatic carbocycles. The van der Waals surface area contributed by atoms with Gasteiger partial charge in [-0.2, -0.15) is 26.9 Å². The van der Waals surface area contributed by atoms with Crippen molar-refractivity contribution in [3.05, 3.63) is 18.0 Å². The van der Waals surface area contributed by atoms with Crippen molar-refractivity contribution in [2.24, 2.45) is 0 Å². The third-order valence-electron chi connectivity index (χ3n) is 5.58. The summed E-state index contributed by atoms with van der Waals surface area (Å²) in [5.74, 6) is -0.0761. The number of benzene rings is 1. The standard InChI is InChI=1S/C19H18F3N5O6S/c20-19(21,22)34(30,31)33-14-8-13-15(16-12(14)2-1-7-32-16)17(25-10-24-13)26-5-6-27(18(28)29)11(9-26)3-4-23/h8,10-11H,1-3,5-7,9H2,(H,28,29). The van der Waals surface area contributed by atoms with Crippen molar-refractivity contribution in [1.29, 1.82) is 5.26 Å². The highest BCUT2D eigenvalue weighted by molar-refractivity contribution is 7.88. The van der Waals surface area contributed by atoms with E-state index in [1.54, 1.807) is 4.90 Å². The van der Waals surface area contributed by atoms with Crippen molar-refractivity contribution in [3.63, 3.8) is 0 Å². The van der Waals surface area contributed by atoms with Crippen LogP contribution in [0.25, 0.3) is 10.9 Å². The molecule has 1 aromatic heterocycles. The molecule has 1 fully saturated rings. The van der Waals surface area contributed by atoms with Crippen molar-refractivity contribution >= 4 is 32.9 Å². The summed E-state index contributed by atoms with van der Waals surface area (Å²) < 4.78 is 72.2. The lowest BCUT2D eigenvalue weighted by molar-refractivity contribution is -0.0500. The van der Waals surface area contributed by atoms with Gasteiger partial charge in [-0.05, 0) is 12.8 Å². The molecule has 34 heavy (non-hydrogen) atoms. The quantitative estimate of drug-likeness (QED) is 0.489. The van der Waals surface area contributed by atoms with Gasteiger partial charge in [0, 0.05) is 31.3 Å². The van der Waals surface area contributed by atoms with E-state index in [0.717, 1.165) is 12.4 Å². The average molecular weight is 501 g/mol. The van der Waals surface area contributed by atoms with Crippen LogP contribution in [0.1, 0.15) is 18.4 Å². The molecular weight excluding hydrogens is 483 g/mol. The molecule has 1 amide bonds. The van der Waals surface area contributed by atoms with Crippen LogP contribution in [-0.2, 0) is 16.5 Å². The van der Waals surface area contributed by atoms with Crippen LogP contribution < -0.4 is 13.8 Å². The zero-order valence-electron chi connectivity index (χ0n) is 17.4. The van der Waals surface area contributed by atoms with E-state index in [2.05, 4.69) is 14.2 Å². The van der Waals surface area contributed by atoms with Gasteiger partial charge in [-0.25, -0.2) is 14.8 Å². The van der Waals surface area contributed by atoms with Crippen LogP contribution in [0.5, 0.6) is 11.5 Å². The van der Waals surface area contributed by atoms with Crippen LogP contribution in [0.15, 0.2) is 12.4 Å². The number of ether oxygens (including phenoxy) is 1. The highest BCUT2D eigenvalue weighted by Crippen LogP contribution is 2.44. The van der Waals surface area contributed by atoms with E-state index in [4.69, 9.17) is 10.00 Å². The van der Waals surface area contributed by atoms with Crippen molar-refractivity contribution in [3.8, 4) is 17.6 Å². The number of hydrogen-bond donors (Lipinski definition) is 1. The van der Waals surface area contributed by atoms with Crippen molar-refractivity contribution in [1.82, 2.24) is 14.9 Å². The number of nitriles is 1. The molecule has 0 bridgehead atoms. The van der Waals surface area contributed by atoms with Gasteiger partial charge in [-0.1, -0.05) is 0 Å². The molecule has 3 heterocycles. The summed E-state index contributed by atoms with van der Waals surface area (Å²) in [6.07, 6.45) is 0.573. The number of alkyl halides is 3. The summed E-state index contributed by atoms with van der Waals surface area (Å²) in [4.78, 5) is 22.8. The van der Waals surface area contributed by atoms with Crippen molar-refractivity contribution in [2.75, 3.05) is 31.1 Å². The molecule has 4 rings (SSSR count). The van der Waals surface area contributed by atoms with Gasteiger partial charge in [0.15, 0.2) is 5.75 Å². The SMILES string of the molecule is N#CCC1CN(c2ncnc3cc(OS(=O)(=O)C(F)(F)F)c4c(c23)OCCC4)CCN1C(=O)O. The van der Waals surface area contributed by atoms with Gasteiger partial charge in [0.2, 0.25) is 0 Å². The van der Waals surface area contributed by atoms with Gasteiger partial charge >= 0.3 is 21.7 Å². The van der Waals surface area contributed by atoms with Crippen molar-refractivity contribution in [2.45, 2.75) is 30.8 Å². The van der Waals surface area contributed by atoms with Gasteiger partial charge < -0.3 is 23.8 Å². The van der Waals surface area contributed by atoms with Crippen LogP contribution in [-0.4, -0.2) is 72.3 Å². The Morgan fingerprint density at radius 3 is 2.79 bits per heavy atom. The summed E-state index contributed by atoms with van der Waals surface area (Å²) in [5, 5.41) is 18.9. The molecule has 2 aliphatic heterocycles. The molecular formula is C19H18F3N5O6S. The van der Waals surface area contributed by atoms with Gasteiger partial charge in [0.05, 0.1) is 36.0 Å². The molecule has 1 N–H and O–H groups in total. The molecule has 15 heteroatoms. The molecule has 1 saturated heterocycles. The Labute approximate surface area is 191 Å². The number of rotatable bonds is 4. The Balaban J connectivity index is 1.81. The maximum Gasteiger partial charge on any atom is 0.534 e. The fourth-order valence-electron chi connectivity index (χ4n) is 4.07. The lowest BCUT2D eigenvalue weighted by Gasteiger charge is -2.40. The first kappa shape index (κ1) is 23.6. The number of anilines is 1. The molecule has 1 unspecified atom stereocenters. The normalized spacial score (nSPS) is 18.7. The number of fused-ring (bicyclic) bond motifs is 3. The Morgan fingerprint density at radius 1 is 1.35 bits per heavy atom. The number of amides is 1. The molecule has 2 aliphatic rings. The number of carbonyl (C=O) groups is 1. The minimum atomic E-state index is -5.91. The minimum absolute atomic E-state index is 0.0479. The lowest BCUT2D eigenvalue weighted by Crippen LogP contribution is -2.55. The first-order valence-electron chi connectivity index (χ1n) is 10.1. The molecule has 0 spiro atoms. The van der Waals surface area contributed by atoms with E-state index < -0.39 is 33.5 Å². The summed E-state index contributed by atoms with van der Waals surface area (Å²) in [6, 6.07) is 2.44. The fourth-order valence-corrected chi connectivity index (χ4v) is 4.55. The van der Waals surface area contributed by atoms with Crippen LogP contribution >= 0.6 is 0 Å². The van der Waals surface area contributed by atoms with E-state index >= 15 is 0 Å². The number of halogens is 3. The Morgan fingerprint density at radius 2 is 2.12 bits per heavy atom. The molecule has 0 radical (unpaired) electrons. The maximum absolute atomic E-state index is 12.9. The van der Waals surface area contributed by atoms with Gasteiger partial charge in [-0.3, -0.25) is 0 Å². The zero-order chi connectivity index (χ0) is 24.7. The molecule has 11 nitrogen and oxygen atoms in total.